The molecule has 0 heterocycles. The van der Waals surface area contributed by atoms with E-state index in [-0.39, 0.29) is 0 Å². The van der Waals surface area contributed by atoms with Crippen molar-refractivity contribution in [3.05, 3.63) is 0 Å². The van der Waals surface area contributed by atoms with Crippen LogP contribution in [0.25, 0.3) is 0 Å². The van der Waals surface area contributed by atoms with Crippen molar-refractivity contribution >= 4 is 0 Å². The van der Waals surface area contributed by atoms with E-state index in [0.29, 0.717) is 0 Å². The second-order valence-electron chi connectivity index (χ2n) is 7.52. The van der Waals surface area contributed by atoms with Crippen LogP contribution in [0.1, 0.15) is 85.0 Å². The molecule has 2 saturated carbocycles. The first-order valence-corrected chi connectivity index (χ1v) is 8.36. The van der Waals surface area contributed by atoms with Gasteiger partial charge >= 0.3 is 0 Å². The molecule has 106 valence electrons. The van der Waals surface area contributed by atoms with E-state index in [0.717, 1.165) is 23.4 Å². The third kappa shape index (κ3) is 3.98. The van der Waals surface area contributed by atoms with Gasteiger partial charge < -0.3 is 5.32 Å². The van der Waals surface area contributed by atoms with Crippen LogP contribution in [0, 0.1) is 11.3 Å². The Bertz CT molecular complexity index is 230. The van der Waals surface area contributed by atoms with Crippen LogP contribution in [-0.2, 0) is 0 Å². The fourth-order valence-corrected chi connectivity index (χ4v) is 4.09. The van der Waals surface area contributed by atoms with Gasteiger partial charge in [-0.2, -0.15) is 0 Å². The van der Waals surface area contributed by atoms with Gasteiger partial charge in [0.25, 0.3) is 0 Å². The maximum atomic E-state index is 3.88. The minimum atomic E-state index is 0.718. The van der Waals surface area contributed by atoms with E-state index >= 15 is 0 Å². The number of nitrogens with one attached hydrogen (secondary N) is 1. The van der Waals surface area contributed by atoms with Crippen LogP contribution >= 0.6 is 0 Å². The molecule has 2 aliphatic carbocycles. The normalized spacial score (nSPS) is 26.0. The van der Waals surface area contributed by atoms with E-state index in [4.69, 9.17) is 0 Å². The molecule has 0 aromatic heterocycles. The van der Waals surface area contributed by atoms with Gasteiger partial charge in [-0.1, -0.05) is 26.7 Å². The SMILES string of the molecule is CC(C)CCC(C)NC1CCC2(CCCC2)CC1. The highest BCUT2D eigenvalue weighted by Gasteiger charge is 2.37. The second-order valence-corrected chi connectivity index (χ2v) is 7.52. The lowest BCUT2D eigenvalue weighted by Gasteiger charge is -2.38. The van der Waals surface area contributed by atoms with Crippen molar-refractivity contribution in [2.24, 2.45) is 11.3 Å². The molecule has 1 atom stereocenters. The molecule has 0 saturated heterocycles. The van der Waals surface area contributed by atoms with Gasteiger partial charge in [-0.15, -0.1) is 0 Å². The minimum absolute atomic E-state index is 0.718. The summed E-state index contributed by atoms with van der Waals surface area (Å²) >= 11 is 0. The summed E-state index contributed by atoms with van der Waals surface area (Å²) in [7, 11) is 0. The number of hydrogen-bond acceptors (Lipinski definition) is 1. The average Bonchev–Trinajstić information content (AvgIpc) is 2.79. The minimum Gasteiger partial charge on any atom is -0.312 e. The Morgan fingerprint density at radius 1 is 0.944 bits per heavy atom. The van der Waals surface area contributed by atoms with E-state index in [1.54, 1.807) is 0 Å². The maximum Gasteiger partial charge on any atom is 0.00699 e. The average molecular weight is 251 g/mol. The molecule has 1 heteroatoms. The lowest BCUT2D eigenvalue weighted by atomic mass is 9.71. The zero-order valence-corrected chi connectivity index (χ0v) is 12.8. The number of hydrogen-bond donors (Lipinski definition) is 1. The van der Waals surface area contributed by atoms with Gasteiger partial charge in [0.15, 0.2) is 0 Å². The highest BCUT2D eigenvalue weighted by Crippen LogP contribution is 2.48. The third-order valence-electron chi connectivity index (χ3n) is 5.41. The fraction of sp³-hybridized carbons (Fsp3) is 1.00. The molecule has 0 aromatic rings. The van der Waals surface area contributed by atoms with Crippen molar-refractivity contribution in [3.63, 3.8) is 0 Å². The molecule has 2 fully saturated rings. The molecule has 1 unspecified atom stereocenters. The molecule has 0 amide bonds. The van der Waals surface area contributed by atoms with Crippen LogP contribution in [0.4, 0.5) is 0 Å². The van der Waals surface area contributed by atoms with Crippen LogP contribution in [0.5, 0.6) is 0 Å². The summed E-state index contributed by atoms with van der Waals surface area (Å²) in [6.45, 7) is 7.04. The van der Waals surface area contributed by atoms with E-state index in [1.165, 1.54) is 64.2 Å². The molecule has 0 radical (unpaired) electrons. The van der Waals surface area contributed by atoms with E-state index in [1.807, 2.05) is 0 Å². The topological polar surface area (TPSA) is 12.0 Å². The van der Waals surface area contributed by atoms with E-state index in [2.05, 4.69) is 26.1 Å². The molecule has 0 bridgehead atoms. The van der Waals surface area contributed by atoms with E-state index < -0.39 is 0 Å². The zero-order chi connectivity index (χ0) is 13.0. The lowest BCUT2D eigenvalue weighted by Crippen LogP contribution is -2.41. The summed E-state index contributed by atoms with van der Waals surface area (Å²) in [4.78, 5) is 0. The zero-order valence-electron chi connectivity index (χ0n) is 12.8. The van der Waals surface area contributed by atoms with Gasteiger partial charge in [0.2, 0.25) is 0 Å². The Morgan fingerprint density at radius 3 is 2.11 bits per heavy atom. The van der Waals surface area contributed by atoms with Crippen molar-refractivity contribution in [1.82, 2.24) is 5.32 Å². The van der Waals surface area contributed by atoms with Crippen LogP contribution in [-0.4, -0.2) is 12.1 Å². The molecule has 1 N–H and O–H groups in total. The molecule has 2 aliphatic rings. The summed E-state index contributed by atoms with van der Waals surface area (Å²) in [5.41, 5.74) is 0.791. The molecular weight excluding hydrogens is 218 g/mol. The highest BCUT2D eigenvalue weighted by atomic mass is 14.9. The lowest BCUT2D eigenvalue weighted by molar-refractivity contribution is 0.162. The predicted octanol–water partition coefficient (Wildman–Crippen LogP) is 4.90. The first kappa shape index (κ1) is 14.4. The Morgan fingerprint density at radius 2 is 1.56 bits per heavy atom. The summed E-state index contributed by atoms with van der Waals surface area (Å²) in [6, 6.07) is 1.54. The Balaban J connectivity index is 1.66. The van der Waals surface area contributed by atoms with Crippen molar-refractivity contribution in [2.45, 2.75) is 97.1 Å². The van der Waals surface area contributed by atoms with Crippen LogP contribution < -0.4 is 5.32 Å². The first-order valence-electron chi connectivity index (χ1n) is 8.36. The van der Waals surface area contributed by atoms with Crippen LogP contribution in [0.3, 0.4) is 0 Å². The van der Waals surface area contributed by atoms with Gasteiger partial charge in [0.1, 0.15) is 0 Å². The number of rotatable bonds is 5. The standard InChI is InChI=1S/C17H33N/c1-14(2)6-7-15(3)18-16-8-12-17(13-9-16)10-4-5-11-17/h14-16,18H,4-13H2,1-3H3. The molecule has 0 aliphatic heterocycles. The Hall–Kier alpha value is -0.0400. The quantitative estimate of drug-likeness (QED) is 0.732. The largest absolute Gasteiger partial charge is 0.312 e. The third-order valence-corrected chi connectivity index (χ3v) is 5.41. The Labute approximate surface area is 114 Å². The van der Waals surface area contributed by atoms with Gasteiger partial charge in [-0.05, 0) is 69.6 Å². The molecule has 1 nitrogen and oxygen atoms in total. The van der Waals surface area contributed by atoms with Crippen molar-refractivity contribution < 1.29 is 0 Å². The first-order chi connectivity index (χ1) is 8.60. The molecule has 18 heavy (non-hydrogen) atoms. The van der Waals surface area contributed by atoms with E-state index in [9.17, 15) is 0 Å². The summed E-state index contributed by atoms with van der Waals surface area (Å²) < 4.78 is 0. The predicted molar refractivity (Wildman–Crippen MR) is 79.8 cm³/mol. The Kier molecular flexibility index (Phi) is 5.12. The molecule has 0 aromatic carbocycles. The molecule has 1 spiro atoms. The van der Waals surface area contributed by atoms with Gasteiger partial charge in [0.05, 0.1) is 0 Å². The second kappa shape index (κ2) is 6.41. The van der Waals surface area contributed by atoms with Crippen LogP contribution in [0.2, 0.25) is 0 Å². The summed E-state index contributed by atoms with van der Waals surface area (Å²) in [5.74, 6) is 0.849. The maximum absolute atomic E-state index is 3.88. The van der Waals surface area contributed by atoms with Crippen LogP contribution in [0.15, 0.2) is 0 Å². The fourth-order valence-electron chi connectivity index (χ4n) is 4.09. The van der Waals surface area contributed by atoms with Crippen molar-refractivity contribution in [1.29, 1.82) is 0 Å². The van der Waals surface area contributed by atoms with Gasteiger partial charge in [-0.3, -0.25) is 0 Å². The van der Waals surface area contributed by atoms with Crippen molar-refractivity contribution in [2.75, 3.05) is 0 Å². The van der Waals surface area contributed by atoms with Crippen molar-refractivity contribution in [3.8, 4) is 0 Å². The molecule has 2 rings (SSSR count). The van der Waals surface area contributed by atoms with Gasteiger partial charge in [0, 0.05) is 12.1 Å². The van der Waals surface area contributed by atoms with Gasteiger partial charge in [-0.25, -0.2) is 0 Å². The highest BCUT2D eigenvalue weighted by molar-refractivity contribution is 4.91. The smallest absolute Gasteiger partial charge is 0.00699 e. The summed E-state index contributed by atoms with van der Waals surface area (Å²) in [6.07, 6.45) is 14.7. The monoisotopic (exact) mass is 251 g/mol. The summed E-state index contributed by atoms with van der Waals surface area (Å²) in [5, 5.41) is 3.88. The molecular formula is C17H33N.